The molecule has 0 fully saturated rings. The summed E-state index contributed by atoms with van der Waals surface area (Å²) >= 11 is 0. The molecule has 0 atom stereocenters. The van der Waals surface area contributed by atoms with Crippen LogP contribution in [0.2, 0.25) is 0 Å². The van der Waals surface area contributed by atoms with Crippen molar-refractivity contribution in [1.82, 2.24) is 0 Å². The summed E-state index contributed by atoms with van der Waals surface area (Å²) in [7, 11) is -1.78. The number of hydrogen-bond donors (Lipinski definition) is 1. The number of hydrogen-bond acceptors (Lipinski definition) is 4. The zero-order chi connectivity index (χ0) is 16.9. The highest BCUT2D eigenvalue weighted by Gasteiger charge is 2.14. The molecule has 0 spiro atoms. The molecule has 2 aromatic rings. The lowest BCUT2D eigenvalue weighted by Gasteiger charge is -2.09. The summed E-state index contributed by atoms with van der Waals surface area (Å²) in [6.45, 7) is 0. The third-order valence-electron chi connectivity index (χ3n) is 3.36. The number of sulfone groups is 1. The minimum Gasteiger partial charge on any atom is -0.497 e. The van der Waals surface area contributed by atoms with Crippen LogP contribution >= 0.6 is 0 Å². The van der Waals surface area contributed by atoms with E-state index in [2.05, 4.69) is 5.32 Å². The molecule has 1 N–H and O–H groups in total. The summed E-state index contributed by atoms with van der Waals surface area (Å²) in [5.74, 6) is 0.539. The Balaban J connectivity index is 2.00. The van der Waals surface area contributed by atoms with E-state index in [1.807, 2.05) is 24.3 Å². The van der Waals surface area contributed by atoms with Crippen LogP contribution in [0.5, 0.6) is 5.75 Å². The fraction of sp³-hybridized carbons (Fsp3) is 0.235. The Morgan fingerprint density at radius 2 is 1.74 bits per heavy atom. The van der Waals surface area contributed by atoms with Crippen molar-refractivity contribution in [2.24, 2.45) is 0 Å². The van der Waals surface area contributed by atoms with Crippen molar-refractivity contribution in [2.75, 3.05) is 18.7 Å². The molecule has 0 bridgehead atoms. The molecular weight excluding hydrogens is 314 g/mol. The average molecular weight is 333 g/mol. The lowest BCUT2D eigenvalue weighted by atomic mass is 10.1. The van der Waals surface area contributed by atoms with E-state index in [1.54, 1.807) is 25.3 Å². The number of benzene rings is 2. The molecule has 0 aliphatic carbocycles. The number of aryl methyl sites for hydroxylation is 1. The van der Waals surface area contributed by atoms with Crippen LogP contribution in [-0.2, 0) is 21.1 Å². The van der Waals surface area contributed by atoms with Gasteiger partial charge in [0.2, 0.25) is 5.91 Å². The Bertz CT molecular complexity index is 782. The number of para-hydroxylation sites is 1. The van der Waals surface area contributed by atoms with Crippen LogP contribution in [0.25, 0.3) is 0 Å². The van der Waals surface area contributed by atoms with Gasteiger partial charge in [0.05, 0.1) is 17.7 Å². The van der Waals surface area contributed by atoms with E-state index in [9.17, 15) is 13.2 Å². The maximum absolute atomic E-state index is 12.1. The first-order valence-corrected chi connectivity index (χ1v) is 9.01. The van der Waals surface area contributed by atoms with Crippen molar-refractivity contribution in [3.8, 4) is 5.75 Å². The molecule has 122 valence electrons. The smallest absolute Gasteiger partial charge is 0.224 e. The van der Waals surface area contributed by atoms with Gasteiger partial charge in [-0.3, -0.25) is 4.79 Å². The summed E-state index contributed by atoms with van der Waals surface area (Å²) in [5, 5.41) is 2.67. The van der Waals surface area contributed by atoms with Crippen molar-refractivity contribution >= 4 is 21.4 Å². The van der Waals surface area contributed by atoms with Gasteiger partial charge in [0.25, 0.3) is 0 Å². The Kier molecular flexibility index (Phi) is 5.39. The normalized spacial score (nSPS) is 11.0. The molecule has 5 nitrogen and oxygen atoms in total. The summed E-state index contributed by atoms with van der Waals surface area (Å²) < 4.78 is 28.5. The predicted molar refractivity (Wildman–Crippen MR) is 89.5 cm³/mol. The number of nitrogens with one attached hydrogen (secondary N) is 1. The van der Waals surface area contributed by atoms with Gasteiger partial charge in [-0.15, -0.1) is 0 Å². The number of anilines is 1. The van der Waals surface area contributed by atoms with Crippen LogP contribution in [0.3, 0.4) is 0 Å². The van der Waals surface area contributed by atoms with Gasteiger partial charge in [0, 0.05) is 12.7 Å². The van der Waals surface area contributed by atoms with Crippen LogP contribution in [0.4, 0.5) is 5.69 Å². The molecule has 0 heterocycles. The number of carbonyl (C=O) groups excluding carboxylic acids is 1. The highest BCUT2D eigenvalue weighted by molar-refractivity contribution is 7.90. The van der Waals surface area contributed by atoms with E-state index >= 15 is 0 Å². The second-order valence-electron chi connectivity index (χ2n) is 5.16. The lowest BCUT2D eigenvalue weighted by molar-refractivity contribution is -0.116. The van der Waals surface area contributed by atoms with E-state index < -0.39 is 9.84 Å². The van der Waals surface area contributed by atoms with Crippen LogP contribution in [0.1, 0.15) is 12.0 Å². The fourth-order valence-electron chi connectivity index (χ4n) is 2.16. The van der Waals surface area contributed by atoms with Crippen molar-refractivity contribution in [3.05, 3.63) is 54.1 Å². The van der Waals surface area contributed by atoms with Gasteiger partial charge in [-0.25, -0.2) is 8.42 Å². The summed E-state index contributed by atoms with van der Waals surface area (Å²) in [5.41, 5.74) is 1.33. The fourth-order valence-corrected chi connectivity index (χ4v) is 3.00. The van der Waals surface area contributed by atoms with E-state index in [0.29, 0.717) is 12.1 Å². The third kappa shape index (κ3) is 4.82. The van der Waals surface area contributed by atoms with Crippen molar-refractivity contribution in [2.45, 2.75) is 17.7 Å². The maximum atomic E-state index is 12.1. The largest absolute Gasteiger partial charge is 0.497 e. The SMILES string of the molecule is COc1ccc(CCC(=O)Nc2ccccc2S(C)(=O)=O)cc1. The van der Waals surface area contributed by atoms with Crippen molar-refractivity contribution in [3.63, 3.8) is 0 Å². The van der Waals surface area contributed by atoms with Crippen molar-refractivity contribution < 1.29 is 17.9 Å². The van der Waals surface area contributed by atoms with Gasteiger partial charge in [0.15, 0.2) is 9.84 Å². The molecule has 0 aliphatic heterocycles. The predicted octanol–water partition coefficient (Wildman–Crippen LogP) is 2.67. The van der Waals surface area contributed by atoms with Crippen LogP contribution in [0.15, 0.2) is 53.4 Å². The lowest BCUT2D eigenvalue weighted by Crippen LogP contribution is -2.14. The standard InChI is InChI=1S/C17H19NO4S/c1-22-14-10-7-13(8-11-14)9-12-17(19)18-15-5-3-4-6-16(15)23(2,20)21/h3-8,10-11H,9,12H2,1-2H3,(H,18,19). The Morgan fingerprint density at radius 1 is 1.09 bits per heavy atom. The molecule has 0 saturated heterocycles. The quantitative estimate of drug-likeness (QED) is 0.882. The highest BCUT2D eigenvalue weighted by atomic mass is 32.2. The monoisotopic (exact) mass is 333 g/mol. The zero-order valence-electron chi connectivity index (χ0n) is 13.1. The molecule has 2 rings (SSSR count). The highest BCUT2D eigenvalue weighted by Crippen LogP contribution is 2.21. The van der Waals surface area contributed by atoms with E-state index in [0.717, 1.165) is 17.6 Å². The Labute approximate surface area is 136 Å². The first-order chi connectivity index (χ1) is 10.9. The van der Waals surface area contributed by atoms with Crippen LogP contribution < -0.4 is 10.1 Å². The van der Waals surface area contributed by atoms with E-state index in [4.69, 9.17) is 4.74 Å². The Hall–Kier alpha value is -2.34. The van der Waals surface area contributed by atoms with Crippen LogP contribution in [-0.4, -0.2) is 27.7 Å². The first kappa shape index (κ1) is 17.0. The summed E-state index contributed by atoms with van der Waals surface area (Å²) in [4.78, 5) is 12.2. The maximum Gasteiger partial charge on any atom is 0.224 e. The molecule has 6 heteroatoms. The molecule has 0 saturated carbocycles. The number of methoxy groups -OCH3 is 1. The summed E-state index contributed by atoms with van der Waals surface area (Å²) in [6.07, 6.45) is 1.95. The number of ether oxygens (including phenoxy) is 1. The van der Waals surface area contributed by atoms with Gasteiger partial charge in [0.1, 0.15) is 5.75 Å². The number of amides is 1. The van der Waals surface area contributed by atoms with Crippen molar-refractivity contribution in [1.29, 1.82) is 0 Å². The molecular formula is C17H19NO4S. The molecule has 0 aliphatic rings. The first-order valence-electron chi connectivity index (χ1n) is 7.12. The third-order valence-corrected chi connectivity index (χ3v) is 4.52. The van der Waals surface area contributed by atoms with Gasteiger partial charge >= 0.3 is 0 Å². The molecule has 23 heavy (non-hydrogen) atoms. The summed E-state index contributed by atoms with van der Waals surface area (Å²) in [6, 6.07) is 13.9. The molecule has 0 radical (unpaired) electrons. The number of carbonyl (C=O) groups is 1. The molecule has 1 amide bonds. The topological polar surface area (TPSA) is 72.5 Å². The Morgan fingerprint density at radius 3 is 2.35 bits per heavy atom. The van der Waals surface area contributed by atoms with E-state index in [1.165, 1.54) is 6.07 Å². The second kappa shape index (κ2) is 7.28. The van der Waals surface area contributed by atoms with Gasteiger partial charge in [-0.2, -0.15) is 0 Å². The average Bonchev–Trinajstić information content (AvgIpc) is 2.53. The molecule has 0 unspecified atom stereocenters. The minimum absolute atomic E-state index is 0.123. The van der Waals surface area contributed by atoms with Gasteiger partial charge < -0.3 is 10.1 Å². The minimum atomic E-state index is -3.38. The van der Waals surface area contributed by atoms with Crippen LogP contribution in [0, 0.1) is 0 Å². The second-order valence-corrected chi connectivity index (χ2v) is 7.15. The zero-order valence-corrected chi connectivity index (χ0v) is 13.9. The number of rotatable bonds is 6. The molecule has 0 aromatic heterocycles. The van der Waals surface area contributed by atoms with E-state index in [-0.39, 0.29) is 17.2 Å². The van der Waals surface area contributed by atoms with Gasteiger partial charge in [-0.1, -0.05) is 24.3 Å². The van der Waals surface area contributed by atoms with Gasteiger partial charge in [-0.05, 0) is 36.2 Å². The molecule has 2 aromatic carbocycles.